The van der Waals surface area contributed by atoms with Crippen LogP contribution in [0.3, 0.4) is 0 Å². The SMILES string of the molecule is CC(=CCl)CN1C(=O)c2ccccc2C1=O. The summed E-state index contributed by atoms with van der Waals surface area (Å²) in [5, 5.41) is 0. The van der Waals surface area contributed by atoms with Crippen LogP contribution in [-0.4, -0.2) is 23.3 Å². The maximum atomic E-state index is 11.9. The van der Waals surface area contributed by atoms with Crippen molar-refractivity contribution >= 4 is 23.4 Å². The Kier molecular flexibility index (Phi) is 2.79. The van der Waals surface area contributed by atoms with Crippen LogP contribution in [0.5, 0.6) is 0 Å². The number of nitrogens with zero attached hydrogens (tertiary/aromatic N) is 1. The van der Waals surface area contributed by atoms with E-state index in [0.29, 0.717) is 11.1 Å². The topological polar surface area (TPSA) is 37.4 Å². The highest BCUT2D eigenvalue weighted by Gasteiger charge is 2.34. The highest BCUT2D eigenvalue weighted by molar-refractivity contribution is 6.26. The van der Waals surface area contributed by atoms with Gasteiger partial charge in [-0.3, -0.25) is 14.5 Å². The summed E-state index contributed by atoms with van der Waals surface area (Å²) in [4.78, 5) is 25.0. The zero-order chi connectivity index (χ0) is 11.7. The van der Waals surface area contributed by atoms with Crippen LogP contribution in [0.4, 0.5) is 0 Å². The lowest BCUT2D eigenvalue weighted by Gasteiger charge is -2.13. The molecular weight excluding hydrogens is 226 g/mol. The molecule has 0 unspecified atom stereocenters. The largest absolute Gasteiger partial charge is 0.270 e. The quantitative estimate of drug-likeness (QED) is 0.739. The Labute approximate surface area is 98.3 Å². The Morgan fingerprint density at radius 3 is 2.19 bits per heavy atom. The summed E-state index contributed by atoms with van der Waals surface area (Å²) in [5.74, 6) is -0.503. The maximum Gasteiger partial charge on any atom is 0.261 e. The van der Waals surface area contributed by atoms with Crippen molar-refractivity contribution in [1.82, 2.24) is 4.90 Å². The number of rotatable bonds is 2. The summed E-state index contributed by atoms with van der Waals surface area (Å²) in [6, 6.07) is 6.82. The Bertz CT molecular complexity index is 459. The second-order valence-electron chi connectivity index (χ2n) is 3.70. The van der Waals surface area contributed by atoms with E-state index in [0.717, 1.165) is 5.57 Å². The van der Waals surface area contributed by atoms with Crippen LogP contribution in [0.2, 0.25) is 0 Å². The van der Waals surface area contributed by atoms with Gasteiger partial charge in [-0.1, -0.05) is 23.7 Å². The van der Waals surface area contributed by atoms with E-state index in [2.05, 4.69) is 0 Å². The van der Waals surface area contributed by atoms with Crippen molar-refractivity contribution in [3.8, 4) is 0 Å². The summed E-state index contributed by atoms with van der Waals surface area (Å²) in [6.07, 6.45) is 0. The van der Waals surface area contributed by atoms with Gasteiger partial charge < -0.3 is 0 Å². The van der Waals surface area contributed by atoms with Gasteiger partial charge in [0.25, 0.3) is 11.8 Å². The fourth-order valence-corrected chi connectivity index (χ4v) is 1.74. The molecule has 0 radical (unpaired) electrons. The molecule has 2 rings (SSSR count). The van der Waals surface area contributed by atoms with E-state index in [1.165, 1.54) is 10.4 Å². The van der Waals surface area contributed by atoms with Gasteiger partial charge in [-0.05, 0) is 24.6 Å². The number of carbonyl (C=O) groups excluding carboxylic acids is 2. The molecule has 0 atom stereocenters. The van der Waals surface area contributed by atoms with E-state index in [1.54, 1.807) is 31.2 Å². The maximum absolute atomic E-state index is 11.9. The monoisotopic (exact) mass is 235 g/mol. The standard InChI is InChI=1S/C12H10ClNO2/c1-8(6-13)7-14-11(15)9-4-2-3-5-10(9)12(14)16/h2-6H,7H2,1H3. The van der Waals surface area contributed by atoms with Gasteiger partial charge in [-0.25, -0.2) is 0 Å². The highest BCUT2D eigenvalue weighted by Crippen LogP contribution is 2.23. The molecule has 0 bridgehead atoms. The van der Waals surface area contributed by atoms with Crippen molar-refractivity contribution in [2.24, 2.45) is 0 Å². The number of imide groups is 1. The Morgan fingerprint density at radius 1 is 1.25 bits per heavy atom. The van der Waals surface area contributed by atoms with Crippen LogP contribution in [0.15, 0.2) is 35.4 Å². The van der Waals surface area contributed by atoms with Gasteiger partial charge >= 0.3 is 0 Å². The van der Waals surface area contributed by atoms with Crippen LogP contribution >= 0.6 is 11.6 Å². The van der Waals surface area contributed by atoms with Crippen LogP contribution in [0, 0.1) is 0 Å². The van der Waals surface area contributed by atoms with Crippen molar-refractivity contribution in [2.45, 2.75) is 6.92 Å². The molecule has 1 aliphatic heterocycles. The first-order valence-corrected chi connectivity index (χ1v) is 5.30. The van der Waals surface area contributed by atoms with Crippen LogP contribution in [0.25, 0.3) is 0 Å². The van der Waals surface area contributed by atoms with E-state index in [9.17, 15) is 9.59 Å². The molecule has 2 amide bonds. The number of amides is 2. The van der Waals surface area contributed by atoms with Gasteiger partial charge in [0.15, 0.2) is 0 Å². The first-order chi connectivity index (χ1) is 7.65. The molecule has 0 aliphatic carbocycles. The van der Waals surface area contributed by atoms with E-state index in [4.69, 9.17) is 11.6 Å². The van der Waals surface area contributed by atoms with E-state index in [-0.39, 0.29) is 18.4 Å². The van der Waals surface area contributed by atoms with Gasteiger partial charge in [0.2, 0.25) is 0 Å². The molecule has 0 saturated carbocycles. The smallest absolute Gasteiger partial charge is 0.261 e. The molecule has 3 nitrogen and oxygen atoms in total. The minimum atomic E-state index is -0.251. The van der Waals surface area contributed by atoms with E-state index >= 15 is 0 Å². The molecule has 0 N–H and O–H groups in total. The molecule has 0 aromatic heterocycles. The van der Waals surface area contributed by atoms with Crippen molar-refractivity contribution < 1.29 is 9.59 Å². The number of hydrogen-bond acceptors (Lipinski definition) is 2. The first-order valence-electron chi connectivity index (χ1n) is 4.86. The van der Waals surface area contributed by atoms with Crippen LogP contribution in [0.1, 0.15) is 27.6 Å². The summed E-state index contributed by atoms with van der Waals surface area (Å²) in [7, 11) is 0. The second kappa shape index (κ2) is 4.10. The van der Waals surface area contributed by atoms with Crippen molar-refractivity contribution in [1.29, 1.82) is 0 Å². The molecule has 0 fully saturated rings. The average Bonchev–Trinajstić information content (AvgIpc) is 2.55. The van der Waals surface area contributed by atoms with Gasteiger partial charge in [0.05, 0.1) is 17.7 Å². The second-order valence-corrected chi connectivity index (χ2v) is 3.92. The molecule has 16 heavy (non-hydrogen) atoms. The van der Waals surface area contributed by atoms with Crippen molar-refractivity contribution in [3.05, 3.63) is 46.5 Å². The van der Waals surface area contributed by atoms with Crippen molar-refractivity contribution in [3.63, 3.8) is 0 Å². The zero-order valence-corrected chi connectivity index (χ0v) is 9.49. The normalized spacial score (nSPS) is 15.6. The highest BCUT2D eigenvalue weighted by atomic mass is 35.5. The fraction of sp³-hybridized carbons (Fsp3) is 0.167. The molecule has 0 spiro atoms. The van der Waals surface area contributed by atoms with E-state index < -0.39 is 0 Å². The number of fused-ring (bicyclic) bond motifs is 1. The molecule has 1 aromatic rings. The van der Waals surface area contributed by atoms with E-state index in [1.807, 2.05) is 0 Å². The fourth-order valence-electron chi connectivity index (χ4n) is 1.67. The average molecular weight is 236 g/mol. The van der Waals surface area contributed by atoms with Crippen LogP contribution < -0.4 is 0 Å². The van der Waals surface area contributed by atoms with Crippen LogP contribution in [-0.2, 0) is 0 Å². The predicted octanol–water partition coefficient (Wildman–Crippen LogP) is 2.43. The number of carbonyl (C=O) groups is 2. The zero-order valence-electron chi connectivity index (χ0n) is 8.74. The Morgan fingerprint density at radius 2 is 1.75 bits per heavy atom. The lowest BCUT2D eigenvalue weighted by atomic mass is 10.1. The van der Waals surface area contributed by atoms with Gasteiger partial charge in [0, 0.05) is 5.54 Å². The number of benzene rings is 1. The molecular formula is C12H10ClNO2. The molecule has 1 heterocycles. The summed E-state index contributed by atoms with van der Waals surface area (Å²) in [5.41, 5.74) is 3.09. The first kappa shape index (κ1) is 10.9. The summed E-state index contributed by atoms with van der Waals surface area (Å²) >= 11 is 5.53. The minimum Gasteiger partial charge on any atom is -0.270 e. The number of hydrogen-bond donors (Lipinski definition) is 0. The van der Waals surface area contributed by atoms with Gasteiger partial charge in [-0.2, -0.15) is 0 Å². The molecule has 82 valence electrons. The lowest BCUT2D eigenvalue weighted by molar-refractivity contribution is 0.0668. The van der Waals surface area contributed by atoms with Crippen molar-refractivity contribution in [2.75, 3.05) is 6.54 Å². The van der Waals surface area contributed by atoms with Gasteiger partial charge in [-0.15, -0.1) is 0 Å². The lowest BCUT2D eigenvalue weighted by Crippen LogP contribution is -2.31. The minimum absolute atomic E-state index is 0.246. The third-order valence-corrected chi connectivity index (χ3v) is 2.84. The third kappa shape index (κ3) is 1.63. The molecule has 0 saturated heterocycles. The molecule has 4 heteroatoms. The summed E-state index contributed by atoms with van der Waals surface area (Å²) < 4.78 is 0. The summed E-state index contributed by atoms with van der Waals surface area (Å²) in [6.45, 7) is 2.02. The molecule has 1 aliphatic rings. The third-order valence-electron chi connectivity index (χ3n) is 2.47. The number of halogens is 1. The Balaban J connectivity index is 2.35. The Hall–Kier alpha value is -1.61. The molecule has 1 aromatic carbocycles. The van der Waals surface area contributed by atoms with Gasteiger partial charge in [0.1, 0.15) is 0 Å². The predicted molar refractivity (Wildman–Crippen MR) is 61.4 cm³/mol.